The molecule has 2 fully saturated rings. The van der Waals surface area contributed by atoms with Gasteiger partial charge >= 0.3 is 0 Å². The van der Waals surface area contributed by atoms with E-state index in [4.69, 9.17) is 9.84 Å². The number of nitrogens with one attached hydrogen (secondary N) is 1. The Kier molecular flexibility index (Phi) is 6.07. The van der Waals surface area contributed by atoms with E-state index in [1.807, 2.05) is 7.05 Å². The highest BCUT2D eigenvalue weighted by atomic mass is 16.5. The SMILES string of the molecule is CNCC1(CN2CCCC2CCCO)CCCOC1. The lowest BCUT2D eigenvalue weighted by Crippen LogP contribution is -2.49. The average Bonchev–Trinajstić information content (AvgIpc) is 2.84. The zero-order chi connectivity index (χ0) is 13.6. The minimum absolute atomic E-state index is 0.300. The first-order valence-corrected chi connectivity index (χ1v) is 7.87. The van der Waals surface area contributed by atoms with Gasteiger partial charge in [-0.05, 0) is 52.1 Å². The second kappa shape index (κ2) is 7.58. The smallest absolute Gasteiger partial charge is 0.0546 e. The molecule has 0 spiro atoms. The van der Waals surface area contributed by atoms with Crippen LogP contribution < -0.4 is 5.32 Å². The van der Waals surface area contributed by atoms with Crippen molar-refractivity contribution in [3.05, 3.63) is 0 Å². The van der Waals surface area contributed by atoms with Crippen LogP contribution in [0.4, 0.5) is 0 Å². The lowest BCUT2D eigenvalue weighted by molar-refractivity contribution is -0.0279. The topological polar surface area (TPSA) is 44.7 Å². The standard InChI is InChI=1S/C15H30N2O2/c1-16-11-15(7-4-10-19-13-15)12-17-8-2-5-14(17)6-3-9-18/h14,16,18H,2-13H2,1H3. The first-order valence-electron chi connectivity index (χ1n) is 7.87. The Morgan fingerprint density at radius 1 is 1.42 bits per heavy atom. The van der Waals surface area contributed by atoms with Crippen LogP contribution in [0.5, 0.6) is 0 Å². The van der Waals surface area contributed by atoms with Crippen LogP contribution in [0.15, 0.2) is 0 Å². The third kappa shape index (κ3) is 4.15. The second-order valence-corrected chi connectivity index (χ2v) is 6.32. The Balaban J connectivity index is 1.91. The molecule has 0 amide bonds. The minimum Gasteiger partial charge on any atom is -0.396 e. The van der Waals surface area contributed by atoms with Gasteiger partial charge in [-0.25, -0.2) is 0 Å². The molecular formula is C15H30N2O2. The molecule has 2 unspecified atom stereocenters. The molecule has 2 atom stereocenters. The maximum absolute atomic E-state index is 9.02. The summed E-state index contributed by atoms with van der Waals surface area (Å²) in [4.78, 5) is 2.65. The molecule has 4 heteroatoms. The van der Waals surface area contributed by atoms with E-state index >= 15 is 0 Å². The average molecular weight is 270 g/mol. The highest BCUT2D eigenvalue weighted by molar-refractivity contribution is 4.90. The van der Waals surface area contributed by atoms with Crippen molar-refractivity contribution in [3.8, 4) is 0 Å². The van der Waals surface area contributed by atoms with Gasteiger partial charge in [0.05, 0.1) is 6.61 Å². The third-order valence-electron chi connectivity index (χ3n) is 4.69. The first-order chi connectivity index (χ1) is 9.29. The van der Waals surface area contributed by atoms with E-state index in [0.29, 0.717) is 18.1 Å². The molecule has 0 aromatic rings. The van der Waals surface area contributed by atoms with Crippen LogP contribution >= 0.6 is 0 Å². The molecule has 0 aliphatic carbocycles. The molecule has 0 bridgehead atoms. The number of aliphatic hydroxyl groups excluding tert-OH is 1. The summed E-state index contributed by atoms with van der Waals surface area (Å²) in [5.41, 5.74) is 0.300. The summed E-state index contributed by atoms with van der Waals surface area (Å²) in [7, 11) is 2.05. The molecule has 2 rings (SSSR count). The lowest BCUT2D eigenvalue weighted by atomic mass is 9.81. The summed E-state index contributed by atoms with van der Waals surface area (Å²) in [5.74, 6) is 0. The minimum atomic E-state index is 0.300. The van der Waals surface area contributed by atoms with Gasteiger partial charge in [-0.1, -0.05) is 0 Å². The number of nitrogens with zero attached hydrogens (tertiary/aromatic N) is 1. The van der Waals surface area contributed by atoms with E-state index in [-0.39, 0.29) is 0 Å². The van der Waals surface area contributed by atoms with Crippen LogP contribution in [0.1, 0.15) is 38.5 Å². The van der Waals surface area contributed by atoms with Gasteiger partial charge in [0, 0.05) is 37.8 Å². The van der Waals surface area contributed by atoms with Gasteiger partial charge in [0.1, 0.15) is 0 Å². The van der Waals surface area contributed by atoms with Crippen LogP contribution in [0, 0.1) is 5.41 Å². The molecule has 2 aliphatic heterocycles. The Morgan fingerprint density at radius 2 is 2.32 bits per heavy atom. The van der Waals surface area contributed by atoms with Crippen molar-refractivity contribution < 1.29 is 9.84 Å². The molecule has 2 heterocycles. The highest BCUT2D eigenvalue weighted by Gasteiger charge is 2.37. The van der Waals surface area contributed by atoms with Crippen molar-refractivity contribution in [1.82, 2.24) is 10.2 Å². The van der Waals surface area contributed by atoms with Crippen molar-refractivity contribution in [2.24, 2.45) is 5.41 Å². The maximum atomic E-state index is 9.02. The zero-order valence-corrected chi connectivity index (χ0v) is 12.4. The predicted octanol–water partition coefficient (Wildman–Crippen LogP) is 1.24. The van der Waals surface area contributed by atoms with E-state index in [9.17, 15) is 0 Å². The van der Waals surface area contributed by atoms with Gasteiger partial charge in [0.15, 0.2) is 0 Å². The summed E-state index contributed by atoms with van der Waals surface area (Å²) in [5, 5.41) is 12.4. The summed E-state index contributed by atoms with van der Waals surface area (Å²) >= 11 is 0. The molecule has 4 nitrogen and oxygen atoms in total. The lowest BCUT2D eigenvalue weighted by Gasteiger charge is -2.41. The Bertz CT molecular complexity index is 249. The normalized spacial score (nSPS) is 32.8. The van der Waals surface area contributed by atoms with Gasteiger partial charge in [-0.15, -0.1) is 0 Å². The number of likely N-dealkylation sites (tertiary alicyclic amines) is 1. The molecule has 19 heavy (non-hydrogen) atoms. The second-order valence-electron chi connectivity index (χ2n) is 6.32. The van der Waals surface area contributed by atoms with Crippen molar-refractivity contribution in [3.63, 3.8) is 0 Å². The van der Waals surface area contributed by atoms with Crippen LogP contribution in [0.2, 0.25) is 0 Å². The highest BCUT2D eigenvalue weighted by Crippen LogP contribution is 2.32. The molecule has 2 saturated heterocycles. The van der Waals surface area contributed by atoms with E-state index in [1.165, 1.54) is 32.2 Å². The number of aliphatic hydroxyl groups is 1. The fraction of sp³-hybridized carbons (Fsp3) is 1.00. The first kappa shape index (κ1) is 15.2. The summed E-state index contributed by atoms with van der Waals surface area (Å²) in [6, 6.07) is 0.683. The molecular weight excluding hydrogens is 240 g/mol. The quantitative estimate of drug-likeness (QED) is 0.730. The fourth-order valence-corrected chi connectivity index (χ4v) is 3.79. The van der Waals surface area contributed by atoms with Crippen LogP contribution in [0.25, 0.3) is 0 Å². The van der Waals surface area contributed by atoms with E-state index in [0.717, 1.165) is 39.1 Å². The third-order valence-corrected chi connectivity index (χ3v) is 4.69. The number of hydrogen-bond acceptors (Lipinski definition) is 4. The van der Waals surface area contributed by atoms with Crippen molar-refractivity contribution in [2.45, 2.75) is 44.6 Å². The zero-order valence-electron chi connectivity index (χ0n) is 12.4. The Labute approximate surface area is 117 Å². The molecule has 2 N–H and O–H groups in total. The molecule has 2 aliphatic rings. The molecule has 0 aromatic heterocycles. The van der Waals surface area contributed by atoms with E-state index in [1.54, 1.807) is 0 Å². The molecule has 0 radical (unpaired) electrons. The van der Waals surface area contributed by atoms with E-state index in [2.05, 4.69) is 10.2 Å². The fourth-order valence-electron chi connectivity index (χ4n) is 3.79. The summed E-state index contributed by atoms with van der Waals surface area (Å²) in [6.07, 6.45) is 7.17. The molecule has 0 aromatic carbocycles. The number of hydrogen-bond donors (Lipinski definition) is 2. The van der Waals surface area contributed by atoms with Gasteiger partial charge in [0.25, 0.3) is 0 Å². The van der Waals surface area contributed by atoms with Crippen LogP contribution in [-0.4, -0.2) is 62.6 Å². The van der Waals surface area contributed by atoms with Crippen LogP contribution in [-0.2, 0) is 4.74 Å². The number of ether oxygens (including phenoxy) is 1. The number of rotatable bonds is 7. The largest absolute Gasteiger partial charge is 0.396 e. The van der Waals surface area contributed by atoms with Gasteiger partial charge < -0.3 is 15.2 Å². The van der Waals surface area contributed by atoms with Gasteiger partial charge in [-0.3, -0.25) is 4.90 Å². The van der Waals surface area contributed by atoms with Crippen LogP contribution in [0.3, 0.4) is 0 Å². The molecule has 0 saturated carbocycles. The van der Waals surface area contributed by atoms with E-state index < -0.39 is 0 Å². The maximum Gasteiger partial charge on any atom is 0.0546 e. The van der Waals surface area contributed by atoms with Crippen molar-refractivity contribution in [1.29, 1.82) is 0 Å². The monoisotopic (exact) mass is 270 g/mol. The van der Waals surface area contributed by atoms with Crippen molar-refractivity contribution in [2.75, 3.05) is 46.5 Å². The summed E-state index contributed by atoms with van der Waals surface area (Å²) in [6.45, 7) is 5.59. The molecule has 112 valence electrons. The Morgan fingerprint density at radius 3 is 3.00 bits per heavy atom. The van der Waals surface area contributed by atoms with Crippen molar-refractivity contribution >= 4 is 0 Å². The Hall–Kier alpha value is -0.160. The predicted molar refractivity (Wildman–Crippen MR) is 77.3 cm³/mol. The summed E-state index contributed by atoms with van der Waals surface area (Å²) < 4.78 is 5.76. The van der Waals surface area contributed by atoms with Gasteiger partial charge in [0.2, 0.25) is 0 Å². The van der Waals surface area contributed by atoms with Gasteiger partial charge in [-0.2, -0.15) is 0 Å².